The Morgan fingerprint density at radius 2 is 1.94 bits per heavy atom. The van der Waals surface area contributed by atoms with Crippen LogP contribution in [-0.2, 0) is 13.0 Å². The van der Waals surface area contributed by atoms with Gasteiger partial charge >= 0.3 is 0 Å². The van der Waals surface area contributed by atoms with Crippen molar-refractivity contribution in [1.29, 1.82) is 0 Å². The molecule has 0 spiro atoms. The average molecular weight is 248 g/mol. The number of aryl methyl sites for hydroxylation is 1. The van der Waals surface area contributed by atoms with E-state index in [9.17, 15) is 0 Å². The van der Waals surface area contributed by atoms with Gasteiger partial charge in [0, 0.05) is 18.9 Å². The summed E-state index contributed by atoms with van der Waals surface area (Å²) >= 11 is 0. The Hall–Kier alpha value is -0.900. The first-order valence-electron chi connectivity index (χ1n) is 7.34. The highest BCUT2D eigenvalue weighted by Gasteiger charge is 2.23. The fourth-order valence-electron chi connectivity index (χ4n) is 3.22. The Kier molecular flexibility index (Phi) is 3.37. The average Bonchev–Trinajstić information content (AvgIpc) is 2.76. The van der Waals surface area contributed by atoms with Gasteiger partial charge in [-0.25, -0.2) is 9.67 Å². The van der Waals surface area contributed by atoms with Crippen LogP contribution in [0.3, 0.4) is 0 Å². The smallest absolute Gasteiger partial charge is 0.151 e. The second-order valence-corrected chi connectivity index (χ2v) is 6.10. The monoisotopic (exact) mass is 248 g/mol. The second-order valence-electron chi connectivity index (χ2n) is 6.10. The molecule has 2 aliphatic heterocycles. The van der Waals surface area contributed by atoms with Crippen LogP contribution in [0.15, 0.2) is 0 Å². The van der Waals surface area contributed by atoms with Gasteiger partial charge in [0.05, 0.1) is 0 Å². The van der Waals surface area contributed by atoms with Crippen molar-refractivity contribution in [2.75, 3.05) is 20.1 Å². The molecule has 1 aromatic heterocycles. The summed E-state index contributed by atoms with van der Waals surface area (Å²) in [5.41, 5.74) is 0. The molecule has 1 atom stereocenters. The van der Waals surface area contributed by atoms with Crippen molar-refractivity contribution in [1.82, 2.24) is 19.7 Å². The maximum absolute atomic E-state index is 4.78. The van der Waals surface area contributed by atoms with Crippen molar-refractivity contribution in [3.05, 3.63) is 11.6 Å². The molecule has 0 N–H and O–H groups in total. The predicted octanol–water partition coefficient (Wildman–Crippen LogP) is 2.06. The summed E-state index contributed by atoms with van der Waals surface area (Å²) in [6, 6.07) is 0. The van der Waals surface area contributed by atoms with Crippen LogP contribution >= 0.6 is 0 Å². The highest BCUT2D eigenvalue weighted by molar-refractivity contribution is 5.02. The van der Waals surface area contributed by atoms with E-state index in [1.807, 2.05) is 0 Å². The van der Waals surface area contributed by atoms with Crippen LogP contribution in [0.4, 0.5) is 0 Å². The van der Waals surface area contributed by atoms with Gasteiger partial charge in [-0.05, 0) is 51.7 Å². The van der Waals surface area contributed by atoms with Crippen molar-refractivity contribution in [3.8, 4) is 0 Å². The number of piperidine rings is 1. The minimum absolute atomic E-state index is 0.595. The molecular formula is C14H24N4. The molecule has 3 heterocycles. The van der Waals surface area contributed by atoms with E-state index in [0.29, 0.717) is 5.92 Å². The van der Waals surface area contributed by atoms with E-state index in [1.165, 1.54) is 44.6 Å². The van der Waals surface area contributed by atoms with Crippen LogP contribution in [0, 0.1) is 5.92 Å². The molecule has 3 rings (SSSR count). The van der Waals surface area contributed by atoms with Crippen molar-refractivity contribution in [2.45, 2.75) is 51.5 Å². The predicted molar refractivity (Wildman–Crippen MR) is 71.6 cm³/mol. The van der Waals surface area contributed by atoms with Gasteiger partial charge in [-0.3, -0.25) is 0 Å². The van der Waals surface area contributed by atoms with Crippen molar-refractivity contribution >= 4 is 0 Å². The molecule has 0 aliphatic carbocycles. The van der Waals surface area contributed by atoms with Gasteiger partial charge in [-0.1, -0.05) is 6.92 Å². The summed E-state index contributed by atoms with van der Waals surface area (Å²) in [6.07, 6.45) is 6.21. The van der Waals surface area contributed by atoms with Crippen molar-refractivity contribution in [2.24, 2.45) is 5.92 Å². The minimum Gasteiger partial charge on any atom is -0.306 e. The first-order valence-corrected chi connectivity index (χ1v) is 7.34. The SMILES string of the molecule is CC1CCCn2nc(CC3CCN(C)CC3)nc21. The Bertz CT molecular complexity index is 404. The van der Waals surface area contributed by atoms with Gasteiger partial charge in [0.25, 0.3) is 0 Å². The first kappa shape index (κ1) is 12.2. The Balaban J connectivity index is 1.66. The lowest BCUT2D eigenvalue weighted by atomic mass is 9.93. The number of aromatic nitrogens is 3. The highest BCUT2D eigenvalue weighted by Crippen LogP contribution is 2.26. The number of rotatable bonds is 2. The van der Waals surface area contributed by atoms with E-state index >= 15 is 0 Å². The van der Waals surface area contributed by atoms with Crippen LogP contribution in [-0.4, -0.2) is 39.8 Å². The molecule has 100 valence electrons. The maximum atomic E-state index is 4.78. The third-order valence-corrected chi connectivity index (χ3v) is 4.50. The highest BCUT2D eigenvalue weighted by atomic mass is 15.4. The fraction of sp³-hybridized carbons (Fsp3) is 0.857. The van der Waals surface area contributed by atoms with Crippen LogP contribution < -0.4 is 0 Å². The zero-order valence-electron chi connectivity index (χ0n) is 11.6. The fourth-order valence-corrected chi connectivity index (χ4v) is 3.22. The zero-order valence-corrected chi connectivity index (χ0v) is 11.6. The van der Waals surface area contributed by atoms with Crippen LogP contribution in [0.2, 0.25) is 0 Å². The first-order chi connectivity index (χ1) is 8.72. The van der Waals surface area contributed by atoms with E-state index in [1.54, 1.807) is 0 Å². The lowest BCUT2D eigenvalue weighted by Crippen LogP contribution is -2.31. The molecule has 1 saturated heterocycles. The minimum atomic E-state index is 0.595. The molecule has 2 aliphatic rings. The van der Waals surface area contributed by atoms with Gasteiger partial charge in [0.1, 0.15) is 5.82 Å². The molecule has 18 heavy (non-hydrogen) atoms. The topological polar surface area (TPSA) is 34.0 Å². The van der Waals surface area contributed by atoms with Gasteiger partial charge in [-0.15, -0.1) is 0 Å². The van der Waals surface area contributed by atoms with Gasteiger partial charge in [0.15, 0.2) is 5.82 Å². The molecule has 0 radical (unpaired) electrons. The quantitative estimate of drug-likeness (QED) is 0.803. The number of likely N-dealkylation sites (tertiary alicyclic amines) is 1. The summed E-state index contributed by atoms with van der Waals surface area (Å²) in [7, 11) is 2.21. The Morgan fingerprint density at radius 3 is 2.67 bits per heavy atom. The lowest BCUT2D eigenvalue weighted by molar-refractivity contribution is 0.217. The van der Waals surface area contributed by atoms with Gasteiger partial charge in [0.2, 0.25) is 0 Å². The zero-order chi connectivity index (χ0) is 12.5. The number of hydrogen-bond donors (Lipinski definition) is 0. The molecule has 1 unspecified atom stereocenters. The van der Waals surface area contributed by atoms with Gasteiger partial charge in [-0.2, -0.15) is 5.10 Å². The summed E-state index contributed by atoms with van der Waals surface area (Å²) in [5.74, 6) is 3.70. The van der Waals surface area contributed by atoms with E-state index < -0.39 is 0 Å². The standard InChI is InChI=1S/C14H24N4/c1-11-4-3-7-18-14(11)15-13(16-18)10-12-5-8-17(2)9-6-12/h11-12H,3-10H2,1-2H3. The number of fused-ring (bicyclic) bond motifs is 1. The Morgan fingerprint density at radius 1 is 1.17 bits per heavy atom. The van der Waals surface area contributed by atoms with E-state index in [-0.39, 0.29) is 0 Å². The largest absolute Gasteiger partial charge is 0.306 e. The molecule has 4 nitrogen and oxygen atoms in total. The molecule has 0 aromatic carbocycles. The summed E-state index contributed by atoms with van der Waals surface area (Å²) in [4.78, 5) is 7.20. The van der Waals surface area contributed by atoms with Crippen molar-refractivity contribution < 1.29 is 0 Å². The summed E-state index contributed by atoms with van der Waals surface area (Å²) in [5, 5.41) is 4.71. The molecule has 1 fully saturated rings. The van der Waals surface area contributed by atoms with Gasteiger partial charge < -0.3 is 4.90 Å². The summed E-state index contributed by atoms with van der Waals surface area (Å²) < 4.78 is 2.15. The normalized spacial score (nSPS) is 26.2. The molecule has 4 heteroatoms. The number of hydrogen-bond acceptors (Lipinski definition) is 3. The van der Waals surface area contributed by atoms with Crippen LogP contribution in [0.1, 0.15) is 50.2 Å². The van der Waals surface area contributed by atoms with E-state index in [2.05, 4.69) is 23.6 Å². The molecule has 0 bridgehead atoms. The molecular weight excluding hydrogens is 224 g/mol. The maximum Gasteiger partial charge on any atom is 0.151 e. The van der Waals surface area contributed by atoms with E-state index in [4.69, 9.17) is 10.1 Å². The lowest BCUT2D eigenvalue weighted by Gasteiger charge is -2.28. The molecule has 0 amide bonds. The van der Waals surface area contributed by atoms with Crippen molar-refractivity contribution in [3.63, 3.8) is 0 Å². The molecule has 0 saturated carbocycles. The number of nitrogens with zero attached hydrogens (tertiary/aromatic N) is 4. The third-order valence-electron chi connectivity index (χ3n) is 4.50. The van der Waals surface area contributed by atoms with Crippen LogP contribution in [0.5, 0.6) is 0 Å². The molecule has 1 aromatic rings. The summed E-state index contributed by atoms with van der Waals surface area (Å²) in [6.45, 7) is 5.81. The second kappa shape index (κ2) is 5.00. The third kappa shape index (κ3) is 2.44. The Labute approximate surface area is 109 Å². The van der Waals surface area contributed by atoms with E-state index in [0.717, 1.165) is 24.7 Å². The van der Waals surface area contributed by atoms with Crippen LogP contribution in [0.25, 0.3) is 0 Å².